The molecule has 0 spiro atoms. The lowest BCUT2D eigenvalue weighted by Gasteiger charge is -2.24. The number of aromatic nitrogens is 3. The van der Waals surface area contributed by atoms with Crippen molar-refractivity contribution in [1.82, 2.24) is 19.5 Å². The van der Waals surface area contributed by atoms with E-state index >= 15 is 0 Å². The van der Waals surface area contributed by atoms with Gasteiger partial charge in [0.2, 0.25) is 0 Å². The highest BCUT2D eigenvalue weighted by atomic mass is 16.5. The number of carbonyl (C=O) groups is 1. The number of H-pyrrole nitrogens is 1. The van der Waals surface area contributed by atoms with Gasteiger partial charge in [-0.2, -0.15) is 5.26 Å². The van der Waals surface area contributed by atoms with Crippen molar-refractivity contribution in [3.8, 4) is 28.8 Å². The van der Waals surface area contributed by atoms with E-state index in [0.717, 1.165) is 35.7 Å². The van der Waals surface area contributed by atoms with E-state index in [1.54, 1.807) is 0 Å². The van der Waals surface area contributed by atoms with Gasteiger partial charge in [0, 0.05) is 37.7 Å². The van der Waals surface area contributed by atoms with Gasteiger partial charge in [-0.05, 0) is 36.4 Å². The highest BCUT2D eigenvalue weighted by molar-refractivity contribution is 6.04. The molecular formula is C25H22N6O2. The normalized spacial score (nSPS) is 13.8. The fourth-order valence-corrected chi connectivity index (χ4v) is 4.15. The van der Waals surface area contributed by atoms with Crippen LogP contribution in [-0.4, -0.2) is 38.5 Å². The fourth-order valence-electron chi connectivity index (χ4n) is 4.15. The van der Waals surface area contributed by atoms with Gasteiger partial charge in [-0.3, -0.25) is 14.8 Å². The second kappa shape index (κ2) is 8.65. The molecule has 3 heterocycles. The SMILES string of the molecule is N#C/C=C/CN1CCc2nc3c(C(N)=O)c(-c4ccc(Oc5ccccc5)cc4)[nH]n3c2C1. The minimum Gasteiger partial charge on any atom is -0.457 e. The highest BCUT2D eigenvalue weighted by Gasteiger charge is 2.27. The van der Waals surface area contributed by atoms with Gasteiger partial charge in [-0.25, -0.2) is 9.50 Å². The van der Waals surface area contributed by atoms with E-state index in [4.69, 9.17) is 20.7 Å². The van der Waals surface area contributed by atoms with Crippen LogP contribution in [0.2, 0.25) is 0 Å². The number of fused-ring (bicyclic) bond motifs is 3. The summed E-state index contributed by atoms with van der Waals surface area (Å²) in [5.41, 5.74) is 10.1. The Morgan fingerprint density at radius 3 is 2.67 bits per heavy atom. The van der Waals surface area contributed by atoms with Crippen molar-refractivity contribution in [2.45, 2.75) is 13.0 Å². The third kappa shape index (κ3) is 3.97. The number of nitrogens with two attached hydrogens (primary N) is 1. The van der Waals surface area contributed by atoms with Gasteiger partial charge in [-0.1, -0.05) is 24.3 Å². The van der Waals surface area contributed by atoms with Crippen LogP contribution < -0.4 is 10.5 Å². The Balaban J connectivity index is 1.48. The molecule has 1 amide bonds. The van der Waals surface area contributed by atoms with E-state index < -0.39 is 5.91 Å². The van der Waals surface area contributed by atoms with E-state index in [-0.39, 0.29) is 0 Å². The van der Waals surface area contributed by atoms with Gasteiger partial charge in [0.25, 0.3) is 5.91 Å². The number of hydrogen-bond donors (Lipinski definition) is 2. The smallest absolute Gasteiger partial charge is 0.254 e. The topological polar surface area (TPSA) is 112 Å². The van der Waals surface area contributed by atoms with Crippen molar-refractivity contribution in [1.29, 1.82) is 5.26 Å². The molecule has 0 atom stereocenters. The molecule has 5 rings (SSSR count). The zero-order valence-corrected chi connectivity index (χ0v) is 17.9. The molecule has 164 valence electrons. The molecule has 8 heteroatoms. The van der Waals surface area contributed by atoms with E-state index in [1.165, 1.54) is 6.08 Å². The van der Waals surface area contributed by atoms with Crippen molar-refractivity contribution in [2.75, 3.05) is 13.1 Å². The zero-order chi connectivity index (χ0) is 22.8. The molecule has 0 saturated carbocycles. The maximum Gasteiger partial charge on any atom is 0.254 e. The molecule has 33 heavy (non-hydrogen) atoms. The number of nitrogens with one attached hydrogen (secondary N) is 1. The number of nitriles is 1. The largest absolute Gasteiger partial charge is 0.457 e. The summed E-state index contributed by atoms with van der Waals surface area (Å²) in [6.45, 7) is 2.18. The average molecular weight is 438 g/mol. The average Bonchev–Trinajstić information content (AvgIpc) is 3.36. The van der Waals surface area contributed by atoms with E-state index in [2.05, 4.69) is 10.00 Å². The molecule has 0 unspecified atom stereocenters. The fraction of sp³-hybridized carbons (Fsp3) is 0.160. The van der Waals surface area contributed by atoms with Crippen LogP contribution in [0, 0.1) is 11.3 Å². The number of nitrogens with zero attached hydrogens (tertiary/aromatic N) is 4. The van der Waals surface area contributed by atoms with Crippen molar-refractivity contribution < 1.29 is 9.53 Å². The Morgan fingerprint density at radius 1 is 1.18 bits per heavy atom. The molecule has 2 aromatic heterocycles. The van der Waals surface area contributed by atoms with Crippen molar-refractivity contribution in [3.05, 3.63) is 83.7 Å². The summed E-state index contributed by atoms with van der Waals surface area (Å²) in [5.74, 6) is 0.916. The highest BCUT2D eigenvalue weighted by Crippen LogP contribution is 2.31. The molecular weight excluding hydrogens is 416 g/mol. The molecule has 4 aromatic rings. The molecule has 8 nitrogen and oxygen atoms in total. The number of benzene rings is 2. The first kappa shape index (κ1) is 20.5. The Hall–Kier alpha value is -4.35. The van der Waals surface area contributed by atoms with Crippen LogP contribution in [0.1, 0.15) is 21.7 Å². The Labute approximate surface area is 190 Å². The quantitative estimate of drug-likeness (QED) is 0.446. The second-order valence-electron chi connectivity index (χ2n) is 7.85. The van der Waals surface area contributed by atoms with E-state index in [1.807, 2.05) is 71.3 Å². The number of para-hydroxylation sites is 1. The van der Waals surface area contributed by atoms with Crippen molar-refractivity contribution >= 4 is 11.6 Å². The van der Waals surface area contributed by atoms with Crippen LogP contribution in [-0.2, 0) is 13.0 Å². The first-order chi connectivity index (χ1) is 16.1. The summed E-state index contributed by atoms with van der Waals surface area (Å²) >= 11 is 0. The molecule has 1 aliphatic rings. The Kier molecular flexibility index (Phi) is 5.39. The van der Waals surface area contributed by atoms with Crippen LogP contribution in [0.25, 0.3) is 16.9 Å². The Morgan fingerprint density at radius 2 is 1.94 bits per heavy atom. The number of rotatable bonds is 6. The first-order valence-corrected chi connectivity index (χ1v) is 10.7. The van der Waals surface area contributed by atoms with Gasteiger partial charge < -0.3 is 10.5 Å². The molecule has 0 bridgehead atoms. The lowest BCUT2D eigenvalue weighted by Crippen LogP contribution is -2.31. The van der Waals surface area contributed by atoms with E-state index in [9.17, 15) is 4.79 Å². The predicted octanol–water partition coefficient (Wildman–Crippen LogP) is 3.66. The number of ether oxygens (including phenoxy) is 1. The number of carbonyl (C=O) groups excluding carboxylic acids is 1. The number of primary amides is 1. The summed E-state index contributed by atoms with van der Waals surface area (Å²) in [6.07, 6.45) is 4.10. The van der Waals surface area contributed by atoms with Crippen molar-refractivity contribution in [3.63, 3.8) is 0 Å². The predicted molar refractivity (Wildman–Crippen MR) is 124 cm³/mol. The van der Waals surface area contributed by atoms with Crippen LogP contribution in [0.15, 0.2) is 66.7 Å². The van der Waals surface area contributed by atoms with Gasteiger partial charge in [0.15, 0.2) is 5.65 Å². The van der Waals surface area contributed by atoms with Gasteiger partial charge in [-0.15, -0.1) is 0 Å². The van der Waals surface area contributed by atoms with E-state index in [0.29, 0.717) is 35.7 Å². The summed E-state index contributed by atoms with van der Waals surface area (Å²) < 4.78 is 7.73. The molecule has 1 aliphatic heterocycles. The zero-order valence-electron chi connectivity index (χ0n) is 17.9. The van der Waals surface area contributed by atoms with Crippen LogP contribution in [0.5, 0.6) is 11.5 Å². The minimum absolute atomic E-state index is 0.372. The van der Waals surface area contributed by atoms with Crippen LogP contribution in [0.3, 0.4) is 0 Å². The van der Waals surface area contributed by atoms with Crippen molar-refractivity contribution in [2.24, 2.45) is 5.73 Å². The summed E-state index contributed by atoms with van der Waals surface area (Å²) in [5, 5.41) is 12.1. The van der Waals surface area contributed by atoms with Crippen LogP contribution >= 0.6 is 0 Å². The minimum atomic E-state index is -0.531. The van der Waals surface area contributed by atoms with Gasteiger partial charge in [0.1, 0.15) is 17.1 Å². The lowest BCUT2D eigenvalue weighted by atomic mass is 10.1. The van der Waals surface area contributed by atoms with Gasteiger partial charge in [0.05, 0.1) is 23.2 Å². The molecule has 0 aliphatic carbocycles. The molecule has 2 aromatic carbocycles. The molecule has 0 radical (unpaired) electrons. The summed E-state index contributed by atoms with van der Waals surface area (Å²) in [7, 11) is 0. The monoisotopic (exact) mass is 438 g/mol. The number of amides is 1. The number of imidazole rings is 1. The second-order valence-corrected chi connectivity index (χ2v) is 7.85. The maximum absolute atomic E-state index is 12.4. The third-order valence-electron chi connectivity index (χ3n) is 5.72. The maximum atomic E-state index is 12.4. The Bertz CT molecular complexity index is 1380. The van der Waals surface area contributed by atoms with Gasteiger partial charge >= 0.3 is 0 Å². The molecule has 0 saturated heterocycles. The summed E-state index contributed by atoms with van der Waals surface area (Å²) in [6, 6.07) is 19.1. The van der Waals surface area contributed by atoms with Crippen LogP contribution in [0.4, 0.5) is 0 Å². The third-order valence-corrected chi connectivity index (χ3v) is 5.72. The summed E-state index contributed by atoms with van der Waals surface area (Å²) in [4.78, 5) is 19.4. The number of aromatic amines is 1. The first-order valence-electron chi connectivity index (χ1n) is 10.7. The number of allylic oxidation sites excluding steroid dienone is 1. The number of hydrogen-bond acceptors (Lipinski definition) is 5. The standard InChI is InChI=1S/C25H22N6O2/c26-13-4-5-14-30-15-12-20-21(16-30)31-25(28-20)22(24(27)32)23(29-31)17-8-10-19(11-9-17)33-18-6-2-1-3-7-18/h1-11,29H,12,14-16H2,(H2,27,32)/b5-4+. The molecule has 3 N–H and O–H groups in total. The molecule has 0 fully saturated rings. The lowest BCUT2D eigenvalue weighted by molar-refractivity contribution is 0.100.